The van der Waals surface area contributed by atoms with Gasteiger partial charge in [0, 0.05) is 10.9 Å². The van der Waals surface area contributed by atoms with Gasteiger partial charge in [0.05, 0.1) is 0 Å². The molecule has 2 heteroatoms. The third-order valence-electron chi connectivity index (χ3n) is 3.99. The fraction of sp³-hybridized carbons (Fsp3) is 0.176. The third kappa shape index (κ3) is 1.92. The molecule has 1 aromatic heterocycles. The van der Waals surface area contributed by atoms with E-state index in [4.69, 9.17) is 0 Å². The summed E-state index contributed by atoms with van der Waals surface area (Å²) in [4.78, 5) is 0. The summed E-state index contributed by atoms with van der Waals surface area (Å²) in [5.74, 6) is 0. The van der Waals surface area contributed by atoms with Crippen LogP contribution in [-0.2, 0) is 0 Å². The van der Waals surface area contributed by atoms with Crippen LogP contribution in [0.3, 0.4) is 0 Å². The van der Waals surface area contributed by atoms with Crippen LogP contribution in [0.25, 0.3) is 10.9 Å². The van der Waals surface area contributed by atoms with Crippen LogP contribution in [0, 0.1) is 6.92 Å². The van der Waals surface area contributed by atoms with Crippen molar-refractivity contribution in [3.63, 3.8) is 0 Å². The molecule has 1 heterocycles. The van der Waals surface area contributed by atoms with Gasteiger partial charge in [-0.25, -0.2) is 0 Å². The fourth-order valence-corrected chi connectivity index (χ4v) is 5.40. The highest BCUT2D eigenvalue weighted by molar-refractivity contribution is 6.89. The summed E-state index contributed by atoms with van der Waals surface area (Å²) >= 11 is 0. The Balaban J connectivity index is 2.24. The first-order chi connectivity index (χ1) is 9.10. The molecule has 0 radical (unpaired) electrons. The maximum absolute atomic E-state index is 2.52. The average Bonchev–Trinajstić information content (AvgIpc) is 2.79. The third-order valence-corrected chi connectivity index (χ3v) is 7.31. The number of rotatable bonds is 2. The van der Waals surface area contributed by atoms with E-state index >= 15 is 0 Å². The highest BCUT2D eigenvalue weighted by Gasteiger charge is 2.27. The Morgan fingerprint density at radius 1 is 0.842 bits per heavy atom. The molecule has 0 unspecified atom stereocenters. The Morgan fingerprint density at radius 3 is 2.21 bits per heavy atom. The molecular formula is C17H19NSi. The van der Waals surface area contributed by atoms with E-state index in [2.05, 4.69) is 85.0 Å². The zero-order valence-electron chi connectivity index (χ0n) is 11.7. The lowest BCUT2D eigenvalue weighted by Crippen LogP contribution is -2.48. The lowest BCUT2D eigenvalue weighted by molar-refractivity contribution is 1.20. The predicted octanol–water partition coefficient (Wildman–Crippen LogP) is 3.91. The van der Waals surface area contributed by atoms with E-state index in [1.54, 1.807) is 0 Å². The molecule has 0 aliphatic rings. The number of para-hydroxylation sites is 1. The highest BCUT2D eigenvalue weighted by atomic mass is 28.3. The quantitative estimate of drug-likeness (QED) is 0.619. The van der Waals surface area contributed by atoms with Crippen LogP contribution >= 0.6 is 0 Å². The molecule has 96 valence electrons. The van der Waals surface area contributed by atoms with Gasteiger partial charge in [-0.1, -0.05) is 48.5 Å². The van der Waals surface area contributed by atoms with Gasteiger partial charge in [-0.3, -0.25) is 0 Å². The summed E-state index contributed by atoms with van der Waals surface area (Å²) < 4.78 is 2.52. The Hall–Kier alpha value is -1.80. The molecule has 0 fully saturated rings. The monoisotopic (exact) mass is 265 g/mol. The summed E-state index contributed by atoms with van der Waals surface area (Å²) in [7, 11) is -1.68. The lowest BCUT2D eigenvalue weighted by atomic mass is 10.2. The van der Waals surface area contributed by atoms with E-state index < -0.39 is 8.24 Å². The van der Waals surface area contributed by atoms with Crippen LogP contribution in [0.15, 0.2) is 60.8 Å². The van der Waals surface area contributed by atoms with E-state index in [9.17, 15) is 0 Å². The molecule has 0 aliphatic carbocycles. The molecule has 0 saturated heterocycles. The van der Waals surface area contributed by atoms with Crippen molar-refractivity contribution in [3.8, 4) is 0 Å². The number of aromatic nitrogens is 1. The molecule has 19 heavy (non-hydrogen) atoms. The Labute approximate surface area is 115 Å². The number of fused-ring (bicyclic) bond motifs is 1. The molecule has 0 atom stereocenters. The van der Waals surface area contributed by atoms with E-state index in [1.807, 2.05) is 0 Å². The molecule has 0 spiro atoms. The van der Waals surface area contributed by atoms with Crippen LogP contribution in [0.2, 0.25) is 13.1 Å². The lowest BCUT2D eigenvalue weighted by Gasteiger charge is -2.26. The van der Waals surface area contributed by atoms with Crippen LogP contribution in [0.4, 0.5) is 0 Å². The second kappa shape index (κ2) is 4.39. The number of hydrogen-bond donors (Lipinski definition) is 0. The zero-order chi connectivity index (χ0) is 13.5. The fourth-order valence-electron chi connectivity index (χ4n) is 2.80. The second-order valence-electron chi connectivity index (χ2n) is 5.62. The molecule has 0 bridgehead atoms. The summed E-state index contributed by atoms with van der Waals surface area (Å²) in [6.45, 7) is 7.02. The van der Waals surface area contributed by atoms with Crippen molar-refractivity contribution in [2.75, 3.05) is 0 Å². The van der Waals surface area contributed by atoms with Crippen molar-refractivity contribution >= 4 is 24.3 Å². The van der Waals surface area contributed by atoms with Gasteiger partial charge in [0.1, 0.15) is 0 Å². The van der Waals surface area contributed by atoms with Gasteiger partial charge < -0.3 is 4.23 Å². The van der Waals surface area contributed by atoms with Crippen molar-refractivity contribution < 1.29 is 0 Å². The van der Waals surface area contributed by atoms with Crippen molar-refractivity contribution in [1.82, 2.24) is 4.23 Å². The van der Waals surface area contributed by atoms with E-state index in [-0.39, 0.29) is 0 Å². The Morgan fingerprint density at radius 2 is 1.47 bits per heavy atom. The number of hydrogen-bond acceptors (Lipinski definition) is 0. The van der Waals surface area contributed by atoms with Gasteiger partial charge in [-0.15, -0.1) is 0 Å². The molecule has 0 amide bonds. The molecule has 0 aliphatic heterocycles. The predicted molar refractivity (Wildman–Crippen MR) is 85.6 cm³/mol. The van der Waals surface area contributed by atoms with Crippen molar-refractivity contribution in [3.05, 3.63) is 66.4 Å². The summed E-state index contributed by atoms with van der Waals surface area (Å²) in [5, 5.41) is 2.84. The topological polar surface area (TPSA) is 4.93 Å². The van der Waals surface area contributed by atoms with Crippen molar-refractivity contribution in [1.29, 1.82) is 0 Å². The first-order valence-electron chi connectivity index (χ1n) is 6.73. The van der Waals surface area contributed by atoms with E-state index in [1.165, 1.54) is 21.7 Å². The molecule has 3 rings (SSSR count). The zero-order valence-corrected chi connectivity index (χ0v) is 12.7. The van der Waals surface area contributed by atoms with Crippen LogP contribution in [0.5, 0.6) is 0 Å². The number of nitrogens with zero attached hydrogens (tertiary/aromatic N) is 1. The maximum atomic E-state index is 2.52. The number of benzene rings is 2. The molecular weight excluding hydrogens is 246 g/mol. The first-order valence-corrected chi connectivity index (χ1v) is 9.68. The highest BCUT2D eigenvalue weighted by Crippen LogP contribution is 2.24. The molecule has 0 N–H and O–H groups in total. The Bertz CT molecular complexity index is 710. The smallest absolute Gasteiger partial charge is 0.187 e. The number of aryl methyl sites for hydroxylation is 1. The standard InChI is InChI=1S/C17H19NSi/c1-14-13-18(17-12-8-7-11-16(14)17)19(2,3)15-9-5-4-6-10-15/h4-13H,1-3H3. The van der Waals surface area contributed by atoms with E-state index in [0.29, 0.717) is 0 Å². The maximum Gasteiger partial charge on any atom is 0.187 e. The second-order valence-corrected chi connectivity index (χ2v) is 9.80. The van der Waals surface area contributed by atoms with Crippen LogP contribution in [0.1, 0.15) is 5.56 Å². The van der Waals surface area contributed by atoms with Gasteiger partial charge in [0.15, 0.2) is 8.24 Å². The first kappa shape index (κ1) is 12.2. The Kier molecular flexibility index (Phi) is 2.83. The SMILES string of the molecule is Cc1cn([Si](C)(C)c2ccccc2)c2ccccc12. The van der Waals surface area contributed by atoms with Gasteiger partial charge in [-0.05, 0) is 43.0 Å². The average molecular weight is 265 g/mol. The van der Waals surface area contributed by atoms with Gasteiger partial charge >= 0.3 is 0 Å². The minimum absolute atomic E-state index is 1.36. The normalized spacial score (nSPS) is 11.9. The van der Waals surface area contributed by atoms with Gasteiger partial charge in [-0.2, -0.15) is 0 Å². The molecule has 0 saturated carbocycles. The van der Waals surface area contributed by atoms with Crippen molar-refractivity contribution in [2.45, 2.75) is 20.0 Å². The largest absolute Gasteiger partial charge is 0.370 e. The molecule has 3 aromatic rings. The minimum Gasteiger partial charge on any atom is -0.370 e. The summed E-state index contributed by atoms with van der Waals surface area (Å²) in [6.07, 6.45) is 2.32. The van der Waals surface area contributed by atoms with Crippen molar-refractivity contribution in [2.24, 2.45) is 0 Å². The summed E-state index contributed by atoms with van der Waals surface area (Å²) in [6, 6.07) is 19.6. The molecule has 2 aromatic carbocycles. The molecule has 1 nitrogen and oxygen atoms in total. The minimum atomic E-state index is -1.68. The van der Waals surface area contributed by atoms with Gasteiger partial charge in [0.25, 0.3) is 0 Å². The van der Waals surface area contributed by atoms with Crippen LogP contribution in [-0.4, -0.2) is 12.5 Å². The van der Waals surface area contributed by atoms with E-state index in [0.717, 1.165) is 0 Å². The summed E-state index contributed by atoms with van der Waals surface area (Å²) in [5.41, 5.74) is 2.73. The van der Waals surface area contributed by atoms with Gasteiger partial charge in [0.2, 0.25) is 0 Å². The van der Waals surface area contributed by atoms with Crippen LogP contribution < -0.4 is 5.19 Å².